The Morgan fingerprint density at radius 1 is 1.17 bits per heavy atom. The monoisotopic (exact) mass is 239 g/mol. The van der Waals surface area contributed by atoms with Crippen LogP contribution in [0.1, 0.15) is 11.4 Å². The van der Waals surface area contributed by atoms with Crippen molar-refractivity contribution < 1.29 is 0 Å². The first-order chi connectivity index (χ1) is 8.74. The second kappa shape index (κ2) is 4.10. The van der Waals surface area contributed by atoms with E-state index in [0.717, 1.165) is 12.2 Å². The van der Waals surface area contributed by atoms with Crippen LogP contribution in [-0.2, 0) is 6.54 Å². The van der Waals surface area contributed by atoms with Crippen LogP contribution in [0.25, 0.3) is 11.2 Å². The summed E-state index contributed by atoms with van der Waals surface area (Å²) in [5, 5.41) is 0. The summed E-state index contributed by atoms with van der Waals surface area (Å²) in [5.74, 6) is 1.10. The lowest BCUT2D eigenvalue weighted by atomic mass is 10.2. The second-order valence-corrected chi connectivity index (χ2v) is 4.19. The van der Waals surface area contributed by atoms with E-state index in [2.05, 4.69) is 27.1 Å². The number of fused-ring (bicyclic) bond motifs is 1. The van der Waals surface area contributed by atoms with Gasteiger partial charge in [-0.05, 0) is 12.5 Å². The Hall–Kier alpha value is -2.43. The molecule has 3 aromatic rings. The second-order valence-electron chi connectivity index (χ2n) is 4.19. The van der Waals surface area contributed by atoms with Crippen molar-refractivity contribution in [1.29, 1.82) is 0 Å². The third-order valence-electron chi connectivity index (χ3n) is 2.80. The van der Waals surface area contributed by atoms with Gasteiger partial charge in [0.25, 0.3) is 0 Å². The highest BCUT2D eigenvalue weighted by Crippen LogP contribution is 2.17. The lowest BCUT2D eigenvalue weighted by Gasteiger charge is -2.04. The first-order valence-electron chi connectivity index (χ1n) is 5.73. The fourth-order valence-corrected chi connectivity index (χ4v) is 1.98. The van der Waals surface area contributed by atoms with Gasteiger partial charge >= 0.3 is 0 Å². The Morgan fingerprint density at radius 3 is 2.72 bits per heavy atom. The number of aromatic nitrogens is 4. The number of aryl methyl sites for hydroxylation is 1. The molecule has 0 aliphatic heterocycles. The SMILES string of the molecule is Cc1nc(N)c2ncn(Cc3ccccc3)c2n1. The summed E-state index contributed by atoms with van der Waals surface area (Å²) in [6.07, 6.45) is 1.75. The van der Waals surface area contributed by atoms with E-state index in [1.165, 1.54) is 5.56 Å². The lowest BCUT2D eigenvalue weighted by Crippen LogP contribution is -2.02. The quantitative estimate of drug-likeness (QED) is 0.739. The van der Waals surface area contributed by atoms with E-state index in [-0.39, 0.29) is 0 Å². The fourth-order valence-electron chi connectivity index (χ4n) is 1.98. The van der Waals surface area contributed by atoms with Crippen molar-refractivity contribution in [2.45, 2.75) is 13.5 Å². The van der Waals surface area contributed by atoms with E-state index in [1.807, 2.05) is 29.7 Å². The number of nitrogen functional groups attached to an aromatic ring is 1. The maximum absolute atomic E-state index is 5.84. The molecule has 0 aliphatic rings. The molecule has 2 N–H and O–H groups in total. The molecule has 0 radical (unpaired) electrons. The van der Waals surface area contributed by atoms with Crippen LogP contribution >= 0.6 is 0 Å². The van der Waals surface area contributed by atoms with Gasteiger partial charge in [-0.3, -0.25) is 0 Å². The van der Waals surface area contributed by atoms with Crippen LogP contribution in [0.5, 0.6) is 0 Å². The molecule has 0 bridgehead atoms. The predicted octanol–water partition coefficient (Wildman–Crippen LogP) is 1.77. The summed E-state index contributed by atoms with van der Waals surface area (Å²) >= 11 is 0. The Kier molecular flexibility index (Phi) is 2.44. The van der Waals surface area contributed by atoms with Gasteiger partial charge in [0.05, 0.1) is 12.9 Å². The van der Waals surface area contributed by atoms with Gasteiger partial charge in [-0.25, -0.2) is 15.0 Å². The molecule has 0 saturated carbocycles. The maximum atomic E-state index is 5.84. The van der Waals surface area contributed by atoms with Gasteiger partial charge in [0.15, 0.2) is 11.5 Å². The van der Waals surface area contributed by atoms with Crippen molar-refractivity contribution in [2.75, 3.05) is 5.73 Å². The molecule has 5 nitrogen and oxygen atoms in total. The Balaban J connectivity index is 2.08. The smallest absolute Gasteiger partial charge is 0.166 e. The molecule has 3 rings (SSSR count). The molecule has 0 aliphatic carbocycles. The van der Waals surface area contributed by atoms with Gasteiger partial charge in [0.1, 0.15) is 11.3 Å². The molecule has 90 valence electrons. The molecule has 0 spiro atoms. The van der Waals surface area contributed by atoms with Crippen LogP contribution in [0.4, 0.5) is 5.82 Å². The van der Waals surface area contributed by atoms with Gasteiger partial charge in [0.2, 0.25) is 0 Å². The van der Waals surface area contributed by atoms with Crippen molar-refractivity contribution in [2.24, 2.45) is 0 Å². The van der Waals surface area contributed by atoms with Gasteiger partial charge in [-0.2, -0.15) is 0 Å². The Labute approximate surface area is 104 Å². The fraction of sp³-hybridized carbons (Fsp3) is 0.154. The zero-order valence-electron chi connectivity index (χ0n) is 10.0. The summed E-state index contributed by atoms with van der Waals surface area (Å²) < 4.78 is 1.98. The molecule has 0 saturated heterocycles. The number of rotatable bonds is 2. The molecule has 2 heterocycles. The highest BCUT2D eigenvalue weighted by Gasteiger charge is 2.09. The summed E-state index contributed by atoms with van der Waals surface area (Å²) in [4.78, 5) is 12.8. The summed E-state index contributed by atoms with van der Waals surface area (Å²) in [6.45, 7) is 2.56. The Bertz CT molecular complexity index is 687. The van der Waals surface area contributed by atoms with E-state index in [4.69, 9.17) is 5.73 Å². The molecular formula is C13H13N5. The first kappa shape index (κ1) is 10.7. The molecule has 1 aromatic carbocycles. The molecule has 0 amide bonds. The molecule has 5 heteroatoms. The normalized spacial score (nSPS) is 10.9. The van der Waals surface area contributed by atoms with Gasteiger partial charge in [-0.1, -0.05) is 30.3 Å². The van der Waals surface area contributed by atoms with Gasteiger partial charge in [0, 0.05) is 0 Å². The van der Waals surface area contributed by atoms with Crippen LogP contribution in [0.2, 0.25) is 0 Å². The lowest BCUT2D eigenvalue weighted by molar-refractivity contribution is 0.810. The average Bonchev–Trinajstić information content (AvgIpc) is 2.74. The highest BCUT2D eigenvalue weighted by molar-refractivity contribution is 5.81. The minimum atomic E-state index is 0.435. The van der Waals surface area contributed by atoms with E-state index >= 15 is 0 Å². The van der Waals surface area contributed by atoms with Gasteiger partial charge in [-0.15, -0.1) is 0 Å². The number of imidazole rings is 1. The largest absolute Gasteiger partial charge is 0.382 e. The average molecular weight is 239 g/mol. The molecule has 0 atom stereocenters. The summed E-state index contributed by atoms with van der Waals surface area (Å²) in [6, 6.07) is 10.2. The van der Waals surface area contributed by atoms with Crippen molar-refractivity contribution in [3.05, 3.63) is 48.0 Å². The predicted molar refractivity (Wildman–Crippen MR) is 70.0 cm³/mol. The Morgan fingerprint density at radius 2 is 1.94 bits per heavy atom. The summed E-state index contributed by atoms with van der Waals surface area (Å²) in [5.41, 5.74) is 8.48. The first-order valence-corrected chi connectivity index (χ1v) is 5.73. The minimum Gasteiger partial charge on any atom is -0.382 e. The standard InChI is InChI=1S/C13H13N5/c1-9-16-12(14)11-13(17-9)18(8-15-11)7-10-5-3-2-4-6-10/h2-6,8H,7H2,1H3,(H2,14,16,17). The van der Waals surface area contributed by atoms with E-state index in [1.54, 1.807) is 6.33 Å². The third kappa shape index (κ3) is 1.79. The van der Waals surface area contributed by atoms with Crippen molar-refractivity contribution in [3.63, 3.8) is 0 Å². The van der Waals surface area contributed by atoms with Crippen LogP contribution in [0, 0.1) is 6.92 Å². The zero-order chi connectivity index (χ0) is 12.5. The summed E-state index contributed by atoms with van der Waals surface area (Å²) in [7, 11) is 0. The number of nitrogens with two attached hydrogens (primary N) is 1. The topological polar surface area (TPSA) is 69.6 Å². The van der Waals surface area contributed by atoms with Crippen molar-refractivity contribution in [1.82, 2.24) is 19.5 Å². The number of anilines is 1. The van der Waals surface area contributed by atoms with Crippen LogP contribution in [-0.4, -0.2) is 19.5 Å². The van der Waals surface area contributed by atoms with Crippen molar-refractivity contribution in [3.8, 4) is 0 Å². The molecule has 0 fully saturated rings. The number of hydrogen-bond donors (Lipinski definition) is 1. The number of benzene rings is 1. The van der Waals surface area contributed by atoms with Crippen LogP contribution in [0.3, 0.4) is 0 Å². The highest BCUT2D eigenvalue weighted by atomic mass is 15.1. The molecule has 0 unspecified atom stereocenters. The number of hydrogen-bond acceptors (Lipinski definition) is 4. The van der Waals surface area contributed by atoms with Crippen LogP contribution in [0.15, 0.2) is 36.7 Å². The minimum absolute atomic E-state index is 0.435. The molecule has 2 aromatic heterocycles. The van der Waals surface area contributed by atoms with E-state index in [0.29, 0.717) is 17.2 Å². The zero-order valence-corrected chi connectivity index (χ0v) is 10.0. The number of nitrogens with zero attached hydrogens (tertiary/aromatic N) is 4. The van der Waals surface area contributed by atoms with Gasteiger partial charge < -0.3 is 10.3 Å². The van der Waals surface area contributed by atoms with E-state index < -0.39 is 0 Å². The van der Waals surface area contributed by atoms with Crippen LogP contribution < -0.4 is 5.73 Å². The van der Waals surface area contributed by atoms with Crippen molar-refractivity contribution >= 4 is 17.0 Å². The van der Waals surface area contributed by atoms with E-state index in [9.17, 15) is 0 Å². The molecule has 18 heavy (non-hydrogen) atoms. The third-order valence-corrected chi connectivity index (χ3v) is 2.80. The maximum Gasteiger partial charge on any atom is 0.166 e. The molecular weight excluding hydrogens is 226 g/mol.